The summed E-state index contributed by atoms with van der Waals surface area (Å²) < 4.78 is 13.3. The van der Waals surface area contributed by atoms with Crippen LogP contribution >= 0.6 is 11.6 Å². The van der Waals surface area contributed by atoms with Gasteiger partial charge in [-0.15, -0.1) is 0 Å². The summed E-state index contributed by atoms with van der Waals surface area (Å²) in [4.78, 5) is 24.0. The number of aryl methyl sites for hydroxylation is 1. The van der Waals surface area contributed by atoms with Crippen LogP contribution in [0.1, 0.15) is 59.6 Å². The number of hydrogen-bond donors (Lipinski definition) is 1. The lowest BCUT2D eigenvalue weighted by Gasteiger charge is -2.17. The van der Waals surface area contributed by atoms with E-state index in [1.807, 2.05) is 19.1 Å². The summed E-state index contributed by atoms with van der Waals surface area (Å²) in [5.41, 5.74) is 8.18. The normalized spacial score (nSPS) is 16.2. The average Bonchev–Trinajstić information content (AvgIpc) is 3.57. The Morgan fingerprint density at radius 2 is 2.05 bits per heavy atom. The number of nitrogens with zero attached hydrogens (tertiary/aromatic N) is 4. The summed E-state index contributed by atoms with van der Waals surface area (Å²) in [6, 6.07) is 14.1. The molecule has 8 nitrogen and oxygen atoms in total. The summed E-state index contributed by atoms with van der Waals surface area (Å²) in [7, 11) is 0. The first kappa shape index (κ1) is 22.1. The second-order valence-electron chi connectivity index (χ2n) is 9.57. The number of rotatable bonds is 3. The van der Waals surface area contributed by atoms with Crippen LogP contribution in [0, 0.1) is 6.92 Å². The van der Waals surface area contributed by atoms with Gasteiger partial charge in [0.05, 0.1) is 5.02 Å². The van der Waals surface area contributed by atoms with Crippen molar-refractivity contribution in [3.63, 3.8) is 0 Å². The number of pyridine rings is 1. The number of benzene rings is 2. The Morgan fingerprint density at radius 1 is 1.19 bits per heavy atom. The lowest BCUT2D eigenvalue weighted by Crippen LogP contribution is -2.04. The van der Waals surface area contributed by atoms with Crippen molar-refractivity contribution in [3.05, 3.63) is 98.1 Å². The van der Waals surface area contributed by atoms with Crippen LogP contribution in [0.2, 0.25) is 5.02 Å². The summed E-state index contributed by atoms with van der Waals surface area (Å²) in [6.45, 7) is 4.36. The van der Waals surface area contributed by atoms with Crippen molar-refractivity contribution in [2.75, 3.05) is 0 Å². The van der Waals surface area contributed by atoms with Gasteiger partial charge in [-0.1, -0.05) is 35.0 Å². The van der Waals surface area contributed by atoms with E-state index in [0.717, 1.165) is 69.2 Å². The molecule has 5 aromatic rings. The second kappa shape index (κ2) is 8.18. The van der Waals surface area contributed by atoms with E-state index in [1.54, 1.807) is 12.3 Å². The van der Waals surface area contributed by atoms with Crippen molar-refractivity contribution >= 4 is 33.9 Å². The van der Waals surface area contributed by atoms with Crippen LogP contribution in [0.5, 0.6) is 5.75 Å². The fourth-order valence-corrected chi connectivity index (χ4v) is 5.37. The lowest BCUT2D eigenvalue weighted by atomic mass is 9.88. The molecule has 0 bridgehead atoms. The largest absolute Gasteiger partial charge is 0.488 e. The van der Waals surface area contributed by atoms with Gasteiger partial charge in [-0.2, -0.15) is 0 Å². The number of ether oxygens (including phenoxy) is 1. The number of aromatic nitrogens is 5. The first-order valence-corrected chi connectivity index (χ1v) is 12.5. The molecule has 4 heterocycles. The predicted molar refractivity (Wildman–Crippen MR) is 140 cm³/mol. The molecule has 0 spiro atoms. The van der Waals surface area contributed by atoms with Crippen LogP contribution in [0.4, 0.5) is 0 Å². The van der Waals surface area contributed by atoms with E-state index in [2.05, 4.69) is 50.9 Å². The third kappa shape index (κ3) is 3.51. The molecule has 3 aromatic heterocycles. The first-order chi connectivity index (χ1) is 18.0. The zero-order chi connectivity index (χ0) is 25.3. The number of allylic oxidation sites excluding steroid dienone is 1. The Kier molecular flexibility index (Phi) is 4.87. The molecule has 0 saturated heterocycles. The monoisotopic (exact) mass is 511 g/mol. The Bertz CT molecular complexity index is 1810. The summed E-state index contributed by atoms with van der Waals surface area (Å²) in [6.07, 6.45) is 3.92. The minimum absolute atomic E-state index is 0.380. The lowest BCUT2D eigenvalue weighted by molar-refractivity contribution is 0.307. The van der Waals surface area contributed by atoms with Crippen LogP contribution in [0.25, 0.3) is 28.0 Å². The highest BCUT2D eigenvalue weighted by molar-refractivity contribution is 6.34. The van der Waals surface area contributed by atoms with Gasteiger partial charge in [0, 0.05) is 28.9 Å². The maximum atomic E-state index is 11.7. The molecule has 7 rings (SSSR count). The number of aromatic amines is 1. The molecule has 37 heavy (non-hydrogen) atoms. The molecule has 0 amide bonds. The maximum Gasteiger partial charge on any atom is 0.439 e. The molecule has 0 atom stereocenters. The van der Waals surface area contributed by atoms with Gasteiger partial charge in [0.1, 0.15) is 23.7 Å². The Balaban J connectivity index is 1.48. The zero-order valence-corrected chi connectivity index (χ0v) is 21.0. The summed E-state index contributed by atoms with van der Waals surface area (Å²) in [5, 5.41) is 4.56. The predicted octanol–water partition coefficient (Wildman–Crippen LogP) is 5.81. The average molecular weight is 512 g/mol. The highest BCUT2D eigenvalue weighted by atomic mass is 35.5. The fraction of sp³-hybridized carbons (Fsp3) is 0.214. The number of hydrogen-bond acceptors (Lipinski definition) is 6. The third-order valence-electron chi connectivity index (χ3n) is 7.12. The van der Waals surface area contributed by atoms with Gasteiger partial charge in [-0.3, -0.25) is 14.1 Å². The van der Waals surface area contributed by atoms with Crippen LogP contribution in [-0.4, -0.2) is 24.7 Å². The Hall–Kier alpha value is -4.17. The Morgan fingerprint density at radius 3 is 2.84 bits per heavy atom. The van der Waals surface area contributed by atoms with Gasteiger partial charge in [0.2, 0.25) is 0 Å². The number of nitrogens with one attached hydrogen (secondary N) is 1. The van der Waals surface area contributed by atoms with Crippen LogP contribution in [0.15, 0.2) is 58.0 Å². The molecule has 2 aromatic carbocycles. The molecule has 2 aliphatic rings. The second-order valence-corrected chi connectivity index (χ2v) is 9.97. The first-order valence-electron chi connectivity index (χ1n) is 12.2. The van der Waals surface area contributed by atoms with E-state index in [1.165, 1.54) is 0 Å². The van der Waals surface area contributed by atoms with E-state index >= 15 is 0 Å². The maximum absolute atomic E-state index is 11.7. The van der Waals surface area contributed by atoms with Crippen LogP contribution in [0.3, 0.4) is 0 Å². The number of imidazole rings is 1. The SMILES string of the molecule is C/C(=C1\c2ccc(-n3c(C4CC4)nc4c(Cl)ccnc43)cc2COc2cccc(C)c21)c1noc(=O)[nH]1. The van der Waals surface area contributed by atoms with E-state index in [0.29, 0.717) is 28.9 Å². The minimum atomic E-state index is -0.592. The highest BCUT2D eigenvalue weighted by Crippen LogP contribution is 2.45. The van der Waals surface area contributed by atoms with Gasteiger partial charge in [0.25, 0.3) is 0 Å². The van der Waals surface area contributed by atoms with Crippen molar-refractivity contribution in [1.82, 2.24) is 24.7 Å². The standard InChI is InChI=1S/C28H22ClN5O3/c1-14-4-3-5-21-22(14)23(15(2)25-32-28(35)37-33-25)19-9-8-18(12-17(19)13-36-21)34-26(16-6-7-16)31-24-20(29)10-11-30-27(24)34/h3-5,8-12,16H,6-7,13H2,1-2H3,(H,32,33,35)/b23-15-. The Labute approximate surface area is 216 Å². The van der Waals surface area contributed by atoms with E-state index in [9.17, 15) is 4.79 Å². The van der Waals surface area contributed by atoms with Gasteiger partial charge < -0.3 is 4.74 Å². The number of fused-ring (bicyclic) bond motifs is 3. The fourth-order valence-electron chi connectivity index (χ4n) is 5.18. The smallest absolute Gasteiger partial charge is 0.439 e. The van der Waals surface area contributed by atoms with Crippen LogP contribution in [-0.2, 0) is 6.61 Å². The zero-order valence-electron chi connectivity index (χ0n) is 20.2. The molecule has 9 heteroatoms. The quantitative estimate of drug-likeness (QED) is 0.328. The number of H-pyrrole nitrogens is 1. The molecule has 1 aliphatic heterocycles. The van der Waals surface area contributed by atoms with Gasteiger partial charge in [0.15, 0.2) is 11.5 Å². The van der Waals surface area contributed by atoms with Crippen molar-refractivity contribution < 1.29 is 9.26 Å². The van der Waals surface area contributed by atoms with Gasteiger partial charge >= 0.3 is 5.76 Å². The molecule has 1 N–H and O–H groups in total. The molecular formula is C28H22ClN5O3. The van der Waals surface area contributed by atoms with Crippen LogP contribution < -0.4 is 10.5 Å². The number of halogens is 1. The molecule has 1 aliphatic carbocycles. The van der Waals surface area contributed by atoms with Crippen molar-refractivity contribution in [1.29, 1.82) is 0 Å². The summed E-state index contributed by atoms with van der Waals surface area (Å²) >= 11 is 6.49. The van der Waals surface area contributed by atoms with E-state index in [4.69, 9.17) is 25.8 Å². The van der Waals surface area contributed by atoms with Crippen molar-refractivity contribution in [3.8, 4) is 11.4 Å². The van der Waals surface area contributed by atoms with Gasteiger partial charge in [-0.25, -0.2) is 14.8 Å². The molecule has 0 radical (unpaired) electrons. The van der Waals surface area contributed by atoms with E-state index < -0.39 is 5.76 Å². The third-order valence-corrected chi connectivity index (χ3v) is 7.43. The van der Waals surface area contributed by atoms with Gasteiger partial charge in [-0.05, 0) is 73.2 Å². The summed E-state index contributed by atoms with van der Waals surface area (Å²) in [5.74, 6) is 1.95. The van der Waals surface area contributed by atoms with Crippen molar-refractivity contribution in [2.45, 2.75) is 39.2 Å². The molecule has 0 unspecified atom stereocenters. The molecule has 1 fully saturated rings. The molecule has 1 saturated carbocycles. The molecule has 184 valence electrons. The molecular weight excluding hydrogens is 490 g/mol. The minimum Gasteiger partial charge on any atom is -0.488 e. The highest BCUT2D eigenvalue weighted by Gasteiger charge is 2.32. The van der Waals surface area contributed by atoms with Crippen molar-refractivity contribution in [2.24, 2.45) is 0 Å². The topological polar surface area (TPSA) is 98.8 Å². The van der Waals surface area contributed by atoms with E-state index in [-0.39, 0.29) is 0 Å².